The second-order valence-corrected chi connectivity index (χ2v) is 5.45. The molecule has 20 heavy (non-hydrogen) atoms. The summed E-state index contributed by atoms with van der Waals surface area (Å²) >= 11 is 9.43. The van der Waals surface area contributed by atoms with Crippen molar-refractivity contribution in [1.29, 1.82) is 0 Å². The average molecular weight is 355 g/mol. The van der Waals surface area contributed by atoms with Gasteiger partial charge in [-0.25, -0.2) is 4.79 Å². The van der Waals surface area contributed by atoms with E-state index in [1.165, 1.54) is 0 Å². The summed E-state index contributed by atoms with van der Waals surface area (Å²) in [6.07, 6.45) is -0.504. The zero-order valence-corrected chi connectivity index (χ0v) is 13.2. The number of benzene rings is 2. The van der Waals surface area contributed by atoms with Gasteiger partial charge in [0, 0.05) is 10.2 Å². The Morgan fingerprint density at radius 2 is 1.95 bits per heavy atom. The molecule has 0 fully saturated rings. The van der Waals surface area contributed by atoms with E-state index in [4.69, 9.17) is 16.3 Å². The van der Waals surface area contributed by atoms with Crippen LogP contribution < -0.4 is 5.32 Å². The van der Waals surface area contributed by atoms with Crippen LogP contribution in [-0.2, 0) is 11.3 Å². The van der Waals surface area contributed by atoms with E-state index in [1.807, 2.05) is 37.3 Å². The Kier molecular flexibility index (Phi) is 5.04. The zero-order valence-electron chi connectivity index (χ0n) is 10.8. The highest BCUT2D eigenvalue weighted by Crippen LogP contribution is 2.31. The van der Waals surface area contributed by atoms with E-state index in [-0.39, 0.29) is 6.61 Å². The lowest BCUT2D eigenvalue weighted by Gasteiger charge is -2.11. The van der Waals surface area contributed by atoms with Crippen molar-refractivity contribution in [2.45, 2.75) is 13.5 Å². The quantitative estimate of drug-likeness (QED) is 0.827. The topological polar surface area (TPSA) is 38.3 Å². The summed E-state index contributed by atoms with van der Waals surface area (Å²) in [6.45, 7) is 2.07. The van der Waals surface area contributed by atoms with E-state index < -0.39 is 6.09 Å². The largest absolute Gasteiger partial charge is 0.444 e. The van der Waals surface area contributed by atoms with Crippen LogP contribution >= 0.6 is 27.5 Å². The highest BCUT2D eigenvalue weighted by molar-refractivity contribution is 9.10. The third-order valence-corrected chi connectivity index (χ3v) is 4.16. The van der Waals surface area contributed by atoms with Crippen molar-refractivity contribution in [3.63, 3.8) is 0 Å². The van der Waals surface area contributed by atoms with Crippen LogP contribution in [0.5, 0.6) is 0 Å². The summed E-state index contributed by atoms with van der Waals surface area (Å²) in [5.41, 5.74) is 2.36. The predicted octanol–water partition coefficient (Wildman–Crippen LogP) is 5.16. The summed E-state index contributed by atoms with van der Waals surface area (Å²) in [7, 11) is 0. The highest BCUT2D eigenvalue weighted by Gasteiger charge is 2.10. The van der Waals surface area contributed by atoms with Crippen LogP contribution in [0.1, 0.15) is 11.1 Å². The van der Waals surface area contributed by atoms with Crippen LogP contribution in [0.25, 0.3) is 0 Å². The lowest BCUT2D eigenvalue weighted by atomic mass is 10.2. The Balaban J connectivity index is 1.97. The summed E-state index contributed by atoms with van der Waals surface area (Å²) in [4.78, 5) is 11.7. The van der Waals surface area contributed by atoms with E-state index in [0.29, 0.717) is 10.7 Å². The molecule has 0 aliphatic heterocycles. The van der Waals surface area contributed by atoms with Gasteiger partial charge in [0.15, 0.2) is 0 Å². The van der Waals surface area contributed by atoms with Crippen molar-refractivity contribution in [3.8, 4) is 0 Å². The van der Waals surface area contributed by atoms with Crippen molar-refractivity contribution < 1.29 is 9.53 Å². The number of carbonyl (C=O) groups is 1. The third kappa shape index (κ3) is 3.74. The number of ether oxygens (including phenoxy) is 1. The number of anilines is 1. The Hall–Kier alpha value is -1.52. The molecule has 3 nitrogen and oxygen atoms in total. The van der Waals surface area contributed by atoms with Gasteiger partial charge >= 0.3 is 6.09 Å². The first-order valence-corrected chi connectivity index (χ1v) is 7.17. The van der Waals surface area contributed by atoms with Gasteiger partial charge in [0.25, 0.3) is 0 Å². The van der Waals surface area contributed by atoms with Crippen LogP contribution in [-0.4, -0.2) is 6.09 Å². The van der Waals surface area contributed by atoms with E-state index >= 15 is 0 Å². The minimum Gasteiger partial charge on any atom is -0.444 e. The highest BCUT2D eigenvalue weighted by atomic mass is 79.9. The third-order valence-electron chi connectivity index (χ3n) is 2.79. The number of nitrogens with one attached hydrogen (secondary N) is 1. The Morgan fingerprint density at radius 3 is 2.65 bits per heavy atom. The molecule has 0 aliphatic carbocycles. The van der Waals surface area contributed by atoms with Crippen molar-refractivity contribution in [2.24, 2.45) is 0 Å². The SMILES string of the molecule is Cc1c(NC(=O)OCc2ccccc2)ccc(Br)c1Cl. The second kappa shape index (κ2) is 6.77. The van der Waals surface area contributed by atoms with Gasteiger partial charge < -0.3 is 4.74 Å². The number of hydrogen-bond acceptors (Lipinski definition) is 2. The molecular weight excluding hydrogens is 342 g/mol. The molecule has 0 saturated carbocycles. The molecular formula is C15H13BrClNO2. The zero-order chi connectivity index (χ0) is 14.5. The molecule has 1 amide bonds. The number of hydrogen-bond donors (Lipinski definition) is 1. The number of amides is 1. The summed E-state index contributed by atoms with van der Waals surface area (Å²) in [6, 6.07) is 13.1. The van der Waals surface area contributed by atoms with Crippen molar-refractivity contribution in [2.75, 3.05) is 5.32 Å². The van der Waals surface area contributed by atoms with Crippen LogP contribution in [0, 0.1) is 6.92 Å². The van der Waals surface area contributed by atoms with Crippen LogP contribution in [0.2, 0.25) is 5.02 Å². The standard InChI is InChI=1S/C15H13BrClNO2/c1-10-13(8-7-12(16)14(10)17)18-15(19)20-9-11-5-3-2-4-6-11/h2-8H,9H2,1H3,(H,18,19). The molecule has 0 aromatic heterocycles. The second-order valence-electron chi connectivity index (χ2n) is 4.22. The van der Waals surface area contributed by atoms with Gasteiger partial charge in [0.1, 0.15) is 6.61 Å². The van der Waals surface area contributed by atoms with E-state index in [1.54, 1.807) is 12.1 Å². The molecule has 0 bridgehead atoms. The minimum absolute atomic E-state index is 0.232. The fourth-order valence-electron chi connectivity index (χ4n) is 1.66. The van der Waals surface area contributed by atoms with Gasteiger partial charge in [-0.15, -0.1) is 0 Å². The maximum atomic E-state index is 11.7. The Morgan fingerprint density at radius 1 is 1.25 bits per heavy atom. The summed E-state index contributed by atoms with van der Waals surface area (Å²) in [5, 5.41) is 3.26. The molecule has 0 saturated heterocycles. The van der Waals surface area contributed by atoms with E-state index in [9.17, 15) is 4.79 Å². The smallest absolute Gasteiger partial charge is 0.411 e. The predicted molar refractivity (Wildman–Crippen MR) is 84.1 cm³/mol. The first kappa shape index (κ1) is 14.9. The van der Waals surface area contributed by atoms with Gasteiger partial charge in [-0.3, -0.25) is 5.32 Å². The molecule has 0 heterocycles. The van der Waals surface area contributed by atoms with Gasteiger partial charge in [-0.1, -0.05) is 41.9 Å². The van der Waals surface area contributed by atoms with E-state index in [2.05, 4.69) is 21.2 Å². The minimum atomic E-state index is -0.504. The van der Waals surface area contributed by atoms with Crippen LogP contribution in [0.4, 0.5) is 10.5 Å². The lowest BCUT2D eigenvalue weighted by Crippen LogP contribution is -2.14. The van der Waals surface area contributed by atoms with Gasteiger partial charge in [-0.2, -0.15) is 0 Å². The molecule has 2 aromatic carbocycles. The molecule has 0 aliphatic rings. The fraction of sp³-hybridized carbons (Fsp3) is 0.133. The van der Waals surface area contributed by atoms with Crippen molar-refractivity contribution in [1.82, 2.24) is 0 Å². The molecule has 104 valence electrons. The average Bonchev–Trinajstić information content (AvgIpc) is 2.47. The summed E-state index contributed by atoms with van der Waals surface area (Å²) < 4.78 is 5.94. The van der Waals surface area contributed by atoms with Crippen LogP contribution in [0.15, 0.2) is 46.9 Å². The maximum absolute atomic E-state index is 11.7. The summed E-state index contributed by atoms with van der Waals surface area (Å²) in [5.74, 6) is 0. The number of halogens is 2. The maximum Gasteiger partial charge on any atom is 0.411 e. The first-order valence-electron chi connectivity index (χ1n) is 6.00. The fourth-order valence-corrected chi connectivity index (χ4v) is 2.25. The first-order chi connectivity index (χ1) is 9.58. The molecule has 5 heteroatoms. The normalized spacial score (nSPS) is 10.2. The van der Waals surface area contributed by atoms with Crippen molar-refractivity contribution >= 4 is 39.3 Å². The molecule has 0 unspecified atom stereocenters. The molecule has 1 N–H and O–H groups in total. The van der Waals surface area contributed by atoms with Crippen molar-refractivity contribution in [3.05, 3.63) is 63.1 Å². The molecule has 0 radical (unpaired) electrons. The van der Waals surface area contributed by atoms with Gasteiger partial charge in [0.2, 0.25) is 0 Å². The molecule has 0 atom stereocenters. The number of rotatable bonds is 3. The molecule has 2 aromatic rings. The molecule has 0 spiro atoms. The monoisotopic (exact) mass is 353 g/mol. The Labute approximate surface area is 131 Å². The lowest BCUT2D eigenvalue weighted by molar-refractivity contribution is 0.155. The van der Waals surface area contributed by atoms with Crippen LogP contribution in [0.3, 0.4) is 0 Å². The number of carbonyl (C=O) groups excluding carboxylic acids is 1. The van der Waals surface area contributed by atoms with Gasteiger partial charge in [0.05, 0.1) is 5.02 Å². The molecule has 2 rings (SSSR count). The van der Waals surface area contributed by atoms with E-state index in [0.717, 1.165) is 15.6 Å². The Bertz CT molecular complexity index is 617. The van der Waals surface area contributed by atoms with Gasteiger partial charge in [-0.05, 0) is 46.1 Å².